The molecule has 0 bridgehead atoms. The molecule has 1 saturated carbocycles. The Bertz CT molecular complexity index is 432. The van der Waals surface area contributed by atoms with Crippen LogP contribution < -0.4 is 5.32 Å². The summed E-state index contributed by atoms with van der Waals surface area (Å²) in [4.78, 5) is 8.88. The summed E-state index contributed by atoms with van der Waals surface area (Å²) >= 11 is 6.16. The van der Waals surface area contributed by atoms with E-state index in [0.29, 0.717) is 24.1 Å². The van der Waals surface area contributed by atoms with Gasteiger partial charge in [0.05, 0.1) is 12.6 Å². The first-order valence-corrected chi connectivity index (χ1v) is 6.93. The van der Waals surface area contributed by atoms with E-state index >= 15 is 0 Å². The van der Waals surface area contributed by atoms with Crippen molar-refractivity contribution in [2.24, 2.45) is 0 Å². The van der Waals surface area contributed by atoms with Crippen molar-refractivity contribution in [3.8, 4) is 0 Å². The van der Waals surface area contributed by atoms with Crippen molar-refractivity contribution in [1.82, 2.24) is 9.97 Å². The molecule has 1 aliphatic rings. The van der Waals surface area contributed by atoms with Gasteiger partial charge >= 0.3 is 0 Å². The Labute approximate surface area is 118 Å². The van der Waals surface area contributed by atoms with Gasteiger partial charge in [0, 0.05) is 25.2 Å². The molecule has 1 fully saturated rings. The van der Waals surface area contributed by atoms with E-state index in [1.54, 1.807) is 7.11 Å². The molecule has 6 heteroatoms. The quantitative estimate of drug-likeness (QED) is 0.751. The number of anilines is 1. The van der Waals surface area contributed by atoms with E-state index in [0.717, 1.165) is 30.0 Å². The van der Waals surface area contributed by atoms with E-state index in [1.165, 1.54) is 0 Å². The number of aliphatic hydroxyl groups is 1. The number of ether oxygens (including phenoxy) is 1. The molecule has 1 heterocycles. The minimum Gasteiger partial charge on any atom is -0.396 e. The first-order valence-electron chi connectivity index (χ1n) is 6.56. The largest absolute Gasteiger partial charge is 0.396 e. The van der Waals surface area contributed by atoms with Crippen molar-refractivity contribution in [2.45, 2.75) is 38.1 Å². The molecule has 0 spiro atoms. The highest BCUT2D eigenvalue weighted by molar-refractivity contribution is 6.30. The number of aromatic nitrogens is 2. The second-order valence-electron chi connectivity index (χ2n) is 4.93. The van der Waals surface area contributed by atoms with Gasteiger partial charge in [0.25, 0.3) is 0 Å². The van der Waals surface area contributed by atoms with Crippen LogP contribution in [0.15, 0.2) is 0 Å². The lowest BCUT2D eigenvalue weighted by atomic mass is 10.2. The van der Waals surface area contributed by atoms with Crippen LogP contribution in [0, 0.1) is 6.92 Å². The van der Waals surface area contributed by atoms with Crippen LogP contribution in [0.4, 0.5) is 5.82 Å². The average molecular weight is 286 g/mol. The van der Waals surface area contributed by atoms with Gasteiger partial charge in [-0.3, -0.25) is 0 Å². The number of hydrogen-bond donors (Lipinski definition) is 2. The Morgan fingerprint density at radius 3 is 2.79 bits per heavy atom. The molecular weight excluding hydrogens is 266 g/mol. The minimum absolute atomic E-state index is 0.0201. The number of rotatable bonds is 7. The Morgan fingerprint density at radius 2 is 2.21 bits per heavy atom. The molecule has 2 N–H and O–H groups in total. The van der Waals surface area contributed by atoms with Gasteiger partial charge in [-0.05, 0) is 26.2 Å². The Morgan fingerprint density at radius 1 is 1.47 bits per heavy atom. The Hall–Kier alpha value is -0.910. The van der Waals surface area contributed by atoms with Crippen LogP contribution in [0.1, 0.15) is 36.6 Å². The fourth-order valence-electron chi connectivity index (χ4n) is 1.92. The van der Waals surface area contributed by atoms with Crippen LogP contribution in [0.5, 0.6) is 0 Å². The molecule has 0 saturated heterocycles. The summed E-state index contributed by atoms with van der Waals surface area (Å²) in [6.07, 6.45) is 2.88. The zero-order valence-electron chi connectivity index (χ0n) is 11.3. The van der Waals surface area contributed by atoms with Crippen LogP contribution in [0.2, 0.25) is 5.15 Å². The number of methoxy groups -OCH3 is 1. The molecule has 1 unspecified atom stereocenters. The third-order valence-corrected chi connectivity index (χ3v) is 3.60. The molecule has 106 valence electrons. The van der Waals surface area contributed by atoms with E-state index in [9.17, 15) is 0 Å². The minimum atomic E-state index is 0.0201. The topological polar surface area (TPSA) is 67.3 Å². The molecule has 5 nitrogen and oxygen atoms in total. The monoisotopic (exact) mass is 285 g/mol. The van der Waals surface area contributed by atoms with Crippen LogP contribution in [-0.4, -0.2) is 41.4 Å². The molecule has 0 aliphatic heterocycles. The smallest absolute Gasteiger partial charge is 0.137 e. The maximum atomic E-state index is 9.06. The molecular formula is C13H20ClN3O2. The van der Waals surface area contributed by atoms with E-state index < -0.39 is 0 Å². The van der Waals surface area contributed by atoms with E-state index in [2.05, 4.69) is 15.3 Å². The molecule has 19 heavy (non-hydrogen) atoms. The van der Waals surface area contributed by atoms with Gasteiger partial charge in [-0.15, -0.1) is 0 Å². The molecule has 0 radical (unpaired) electrons. The number of halogens is 1. The summed E-state index contributed by atoms with van der Waals surface area (Å²) in [6, 6.07) is 0.0201. The average Bonchev–Trinajstić information content (AvgIpc) is 3.19. The molecule has 0 amide bonds. The molecule has 1 aromatic heterocycles. The van der Waals surface area contributed by atoms with Crippen molar-refractivity contribution >= 4 is 17.4 Å². The summed E-state index contributed by atoms with van der Waals surface area (Å²) < 4.78 is 5.14. The number of hydrogen-bond acceptors (Lipinski definition) is 5. The fraction of sp³-hybridized carbons (Fsp3) is 0.692. The lowest BCUT2D eigenvalue weighted by molar-refractivity contribution is 0.170. The maximum absolute atomic E-state index is 9.06. The second kappa shape index (κ2) is 6.50. The van der Waals surface area contributed by atoms with Crippen molar-refractivity contribution in [2.75, 3.05) is 25.6 Å². The molecule has 1 atom stereocenters. The summed E-state index contributed by atoms with van der Waals surface area (Å²) in [5, 5.41) is 12.9. The summed E-state index contributed by atoms with van der Waals surface area (Å²) in [7, 11) is 1.64. The van der Waals surface area contributed by atoms with E-state index in [-0.39, 0.29) is 12.6 Å². The molecule has 0 aromatic carbocycles. The highest BCUT2D eigenvalue weighted by atomic mass is 35.5. The number of nitrogens with one attached hydrogen (secondary N) is 1. The molecule has 1 aliphatic carbocycles. The maximum Gasteiger partial charge on any atom is 0.137 e. The third-order valence-electron chi connectivity index (χ3n) is 3.23. The van der Waals surface area contributed by atoms with Gasteiger partial charge in [0.2, 0.25) is 0 Å². The Balaban J connectivity index is 2.17. The predicted octanol–water partition coefficient (Wildman–Crippen LogP) is 2.13. The fourth-order valence-corrected chi connectivity index (χ4v) is 2.09. The van der Waals surface area contributed by atoms with Gasteiger partial charge in [-0.1, -0.05) is 11.6 Å². The molecule has 2 rings (SSSR count). The summed E-state index contributed by atoms with van der Waals surface area (Å²) in [5.41, 5.74) is 0.838. The van der Waals surface area contributed by atoms with Gasteiger partial charge in [-0.25, -0.2) is 9.97 Å². The van der Waals surface area contributed by atoms with E-state index in [4.69, 9.17) is 21.4 Å². The van der Waals surface area contributed by atoms with Gasteiger partial charge in [0.1, 0.15) is 16.8 Å². The molecule has 1 aromatic rings. The predicted molar refractivity (Wildman–Crippen MR) is 74.7 cm³/mol. The first kappa shape index (κ1) is 14.5. The lowest BCUT2D eigenvalue weighted by Crippen LogP contribution is -2.27. The van der Waals surface area contributed by atoms with Gasteiger partial charge < -0.3 is 15.2 Å². The highest BCUT2D eigenvalue weighted by Crippen LogP contribution is 2.39. The summed E-state index contributed by atoms with van der Waals surface area (Å²) in [6.45, 7) is 2.51. The highest BCUT2D eigenvalue weighted by Gasteiger charge is 2.28. The lowest BCUT2D eigenvalue weighted by Gasteiger charge is -2.19. The van der Waals surface area contributed by atoms with Crippen LogP contribution in [0.3, 0.4) is 0 Å². The van der Waals surface area contributed by atoms with Crippen molar-refractivity contribution in [1.29, 1.82) is 0 Å². The summed E-state index contributed by atoms with van der Waals surface area (Å²) in [5.74, 6) is 2.02. The first-order chi connectivity index (χ1) is 9.15. The third kappa shape index (κ3) is 3.78. The zero-order valence-corrected chi connectivity index (χ0v) is 12.1. The zero-order chi connectivity index (χ0) is 13.8. The number of nitrogens with zero attached hydrogens (tertiary/aromatic N) is 2. The Kier molecular flexibility index (Phi) is 4.96. The SMILES string of the molecule is COCC(CCO)Nc1nc(C2CC2)nc(Cl)c1C. The van der Waals surface area contributed by atoms with Gasteiger partial charge in [-0.2, -0.15) is 0 Å². The standard InChI is InChI=1S/C13H20ClN3O2/c1-8-11(14)16-13(9-3-4-9)17-12(8)15-10(5-6-18)7-19-2/h9-10,18H,3-7H2,1-2H3,(H,15,16,17). The van der Waals surface area contributed by atoms with Crippen LogP contribution in [0.25, 0.3) is 0 Å². The van der Waals surface area contributed by atoms with Crippen molar-refractivity contribution in [3.05, 3.63) is 16.5 Å². The van der Waals surface area contributed by atoms with E-state index in [1.807, 2.05) is 6.92 Å². The number of aliphatic hydroxyl groups excluding tert-OH is 1. The van der Waals surface area contributed by atoms with Crippen molar-refractivity contribution < 1.29 is 9.84 Å². The normalized spacial score (nSPS) is 16.4. The van der Waals surface area contributed by atoms with Crippen LogP contribution in [-0.2, 0) is 4.74 Å². The second-order valence-corrected chi connectivity index (χ2v) is 5.29. The van der Waals surface area contributed by atoms with Crippen molar-refractivity contribution in [3.63, 3.8) is 0 Å². The van der Waals surface area contributed by atoms with Crippen LogP contribution >= 0.6 is 11.6 Å². The van der Waals surface area contributed by atoms with Gasteiger partial charge in [0.15, 0.2) is 0 Å².